The fraction of sp³-hybridized carbons (Fsp3) is 1.00. The minimum atomic E-state index is 0.0192. The molecule has 0 aliphatic rings. The summed E-state index contributed by atoms with van der Waals surface area (Å²) in [5, 5.41) is 8.60. The second-order valence-electron chi connectivity index (χ2n) is 13.4. The van der Waals surface area contributed by atoms with Gasteiger partial charge in [-0.15, -0.1) is 0 Å². The van der Waals surface area contributed by atoms with E-state index in [1.807, 2.05) is 0 Å². The first-order valence-corrected chi connectivity index (χ1v) is 23.8. The van der Waals surface area contributed by atoms with Crippen LogP contribution in [0.5, 0.6) is 0 Å². The number of ether oxygens (including phenoxy) is 21. The summed E-state index contributed by atoms with van der Waals surface area (Å²) in [5.41, 5.74) is 5.34. The molecular formula is C44H91NO22. The molecule has 0 aliphatic carbocycles. The van der Waals surface area contributed by atoms with Gasteiger partial charge < -0.3 is 110 Å². The molecule has 0 saturated carbocycles. The monoisotopic (exact) mass is 986 g/mol. The largest absolute Gasteiger partial charge is 0.394 e. The van der Waals surface area contributed by atoms with E-state index < -0.39 is 0 Å². The zero-order valence-corrected chi connectivity index (χ0v) is 40.7. The first kappa shape index (κ1) is 66.1. The number of aliphatic hydroxyl groups is 1. The Morgan fingerprint density at radius 1 is 0.149 bits per heavy atom. The number of aliphatic hydroxyl groups excluding tert-OH is 1. The van der Waals surface area contributed by atoms with Crippen molar-refractivity contribution in [3.8, 4) is 0 Å². The Morgan fingerprint density at radius 2 is 0.239 bits per heavy atom. The molecule has 0 aromatic heterocycles. The lowest BCUT2D eigenvalue weighted by atomic mass is 10.6. The summed E-state index contributed by atoms with van der Waals surface area (Å²) in [7, 11) is 0. The van der Waals surface area contributed by atoms with Crippen LogP contribution in [0, 0.1) is 0 Å². The van der Waals surface area contributed by atoms with Gasteiger partial charge in [-0.2, -0.15) is 0 Å². The van der Waals surface area contributed by atoms with Crippen LogP contribution in [0.3, 0.4) is 0 Å². The van der Waals surface area contributed by atoms with Crippen LogP contribution in [-0.4, -0.2) is 296 Å². The number of hydrogen-bond donors (Lipinski definition) is 2. The molecule has 0 unspecified atom stereocenters. The third-order valence-electron chi connectivity index (χ3n) is 7.94. The molecule has 0 bridgehead atoms. The smallest absolute Gasteiger partial charge is 0.0701 e. The van der Waals surface area contributed by atoms with Crippen LogP contribution >= 0.6 is 0 Å². The van der Waals surface area contributed by atoms with E-state index in [0.29, 0.717) is 284 Å². The van der Waals surface area contributed by atoms with Crippen molar-refractivity contribution >= 4 is 0 Å². The van der Waals surface area contributed by atoms with Crippen LogP contribution in [0.4, 0.5) is 0 Å². The van der Waals surface area contributed by atoms with Crippen molar-refractivity contribution in [2.45, 2.75) is 0 Å². The van der Waals surface area contributed by atoms with E-state index in [1.165, 1.54) is 0 Å². The second-order valence-corrected chi connectivity index (χ2v) is 13.4. The van der Waals surface area contributed by atoms with Gasteiger partial charge in [0.25, 0.3) is 0 Å². The van der Waals surface area contributed by atoms with E-state index in [-0.39, 0.29) is 6.61 Å². The molecule has 3 N–H and O–H groups in total. The molecule has 0 spiro atoms. The summed E-state index contributed by atoms with van der Waals surface area (Å²) in [6, 6.07) is 0. The molecule has 0 radical (unpaired) electrons. The van der Waals surface area contributed by atoms with Gasteiger partial charge >= 0.3 is 0 Å². The third kappa shape index (κ3) is 65.1. The molecule has 23 nitrogen and oxygen atoms in total. The highest BCUT2D eigenvalue weighted by atomic mass is 16.6. The fourth-order valence-corrected chi connectivity index (χ4v) is 4.65. The van der Waals surface area contributed by atoms with Gasteiger partial charge in [-0.3, -0.25) is 0 Å². The molecule has 404 valence electrons. The SMILES string of the molecule is NCCOCCOCCOCCOCCOCCOCCOCCOCCOCCOCCOCCOCCOCCOCCOCCOCCOCCOCCOCCOCCOCCO. The molecule has 0 amide bonds. The Balaban J connectivity index is 3.07. The Bertz CT molecular complexity index is 787. The predicted molar refractivity (Wildman–Crippen MR) is 243 cm³/mol. The highest BCUT2D eigenvalue weighted by molar-refractivity contribution is 4.42. The minimum absolute atomic E-state index is 0.0192. The Hall–Kier alpha value is -0.920. The molecule has 0 rings (SSSR count). The summed E-state index contributed by atoms with van der Waals surface area (Å²) in [6.45, 7) is 21.3. The van der Waals surface area contributed by atoms with Gasteiger partial charge in [-0.25, -0.2) is 0 Å². The van der Waals surface area contributed by atoms with Crippen molar-refractivity contribution < 1.29 is 105 Å². The first-order valence-electron chi connectivity index (χ1n) is 23.8. The van der Waals surface area contributed by atoms with Crippen LogP contribution in [0.2, 0.25) is 0 Å². The van der Waals surface area contributed by atoms with Gasteiger partial charge in [0.15, 0.2) is 0 Å². The topological polar surface area (TPSA) is 240 Å². The highest BCUT2D eigenvalue weighted by Crippen LogP contribution is 1.90. The van der Waals surface area contributed by atoms with E-state index in [2.05, 4.69) is 0 Å². The lowest BCUT2D eigenvalue weighted by molar-refractivity contribution is -0.0316. The maximum absolute atomic E-state index is 8.60. The molecule has 0 fully saturated rings. The minimum Gasteiger partial charge on any atom is -0.394 e. The number of nitrogens with two attached hydrogens (primary N) is 1. The van der Waals surface area contributed by atoms with Gasteiger partial charge in [-0.1, -0.05) is 0 Å². The fourth-order valence-electron chi connectivity index (χ4n) is 4.65. The second kappa shape index (κ2) is 65.1. The molecule has 67 heavy (non-hydrogen) atoms. The van der Waals surface area contributed by atoms with E-state index >= 15 is 0 Å². The first-order chi connectivity index (χ1) is 33.4. The normalized spacial score (nSPS) is 11.7. The Kier molecular flexibility index (Phi) is 64.2. The van der Waals surface area contributed by atoms with E-state index in [9.17, 15) is 0 Å². The van der Waals surface area contributed by atoms with Crippen molar-refractivity contribution in [3.05, 3.63) is 0 Å². The Labute approximate surface area is 400 Å². The lowest BCUT2D eigenvalue weighted by Gasteiger charge is -2.09. The summed E-state index contributed by atoms with van der Waals surface area (Å²) in [4.78, 5) is 0. The maximum atomic E-state index is 8.60. The van der Waals surface area contributed by atoms with Crippen molar-refractivity contribution in [2.75, 3.05) is 291 Å². The number of rotatable bonds is 64. The van der Waals surface area contributed by atoms with Gasteiger partial charge in [0, 0.05) is 6.54 Å². The summed E-state index contributed by atoms with van der Waals surface area (Å²) in [5.74, 6) is 0. The van der Waals surface area contributed by atoms with Crippen LogP contribution in [0.1, 0.15) is 0 Å². The van der Waals surface area contributed by atoms with Crippen molar-refractivity contribution in [1.82, 2.24) is 0 Å². The van der Waals surface area contributed by atoms with Crippen LogP contribution < -0.4 is 5.73 Å². The van der Waals surface area contributed by atoms with Crippen molar-refractivity contribution in [3.63, 3.8) is 0 Å². The van der Waals surface area contributed by atoms with E-state index in [0.717, 1.165) is 0 Å². The quantitative estimate of drug-likeness (QED) is 0.0716. The lowest BCUT2D eigenvalue weighted by Crippen LogP contribution is -2.16. The van der Waals surface area contributed by atoms with E-state index in [1.54, 1.807) is 0 Å². The van der Waals surface area contributed by atoms with Gasteiger partial charge in [0.1, 0.15) is 0 Å². The van der Waals surface area contributed by atoms with Crippen LogP contribution in [0.15, 0.2) is 0 Å². The maximum Gasteiger partial charge on any atom is 0.0701 e. The summed E-state index contributed by atoms with van der Waals surface area (Å²) < 4.78 is 114. The average molecular weight is 986 g/mol. The van der Waals surface area contributed by atoms with Gasteiger partial charge in [0.2, 0.25) is 0 Å². The van der Waals surface area contributed by atoms with Gasteiger partial charge in [0.05, 0.1) is 284 Å². The zero-order valence-electron chi connectivity index (χ0n) is 40.7. The molecule has 0 saturated heterocycles. The molecular weight excluding hydrogens is 894 g/mol. The van der Waals surface area contributed by atoms with Crippen LogP contribution in [-0.2, 0) is 99.5 Å². The molecule has 0 aromatic carbocycles. The summed E-state index contributed by atoms with van der Waals surface area (Å²) >= 11 is 0. The molecule has 0 aliphatic heterocycles. The molecule has 0 atom stereocenters. The molecule has 0 heterocycles. The van der Waals surface area contributed by atoms with Crippen molar-refractivity contribution in [2.24, 2.45) is 5.73 Å². The highest BCUT2D eigenvalue weighted by Gasteiger charge is 1.99. The molecule has 23 heteroatoms. The zero-order chi connectivity index (χ0) is 48.0. The standard InChI is InChI=1S/C44H91NO22/c45-1-3-47-5-7-49-9-11-51-13-15-53-17-19-55-21-23-57-25-27-59-29-31-61-33-35-63-37-39-65-41-43-67-44-42-66-40-38-64-36-34-62-32-30-60-28-26-58-24-22-56-20-18-54-16-14-52-12-10-50-8-6-48-4-2-46/h46H,1-45H2. The van der Waals surface area contributed by atoms with Crippen LogP contribution in [0.25, 0.3) is 0 Å². The predicted octanol–water partition coefficient (Wildman–Crippen LogP) is -0.714. The third-order valence-corrected chi connectivity index (χ3v) is 7.94. The summed E-state index contributed by atoms with van der Waals surface area (Å²) in [6.07, 6.45) is 0. The van der Waals surface area contributed by atoms with Gasteiger partial charge in [-0.05, 0) is 0 Å². The average Bonchev–Trinajstić information content (AvgIpc) is 3.34. The van der Waals surface area contributed by atoms with E-state index in [4.69, 9.17) is 110 Å². The van der Waals surface area contributed by atoms with Crippen molar-refractivity contribution in [1.29, 1.82) is 0 Å². The molecule has 0 aromatic rings. The Morgan fingerprint density at radius 3 is 0.328 bits per heavy atom. The number of hydrogen-bond acceptors (Lipinski definition) is 23.